The summed E-state index contributed by atoms with van der Waals surface area (Å²) in [6.45, 7) is 2.46. The van der Waals surface area contributed by atoms with Crippen LogP contribution in [-0.2, 0) is 16.0 Å². The van der Waals surface area contributed by atoms with Crippen molar-refractivity contribution in [3.63, 3.8) is 0 Å². The van der Waals surface area contributed by atoms with E-state index in [0.717, 1.165) is 24.1 Å². The molecule has 3 rings (SSSR count). The molecule has 6 nitrogen and oxygen atoms in total. The Morgan fingerprint density at radius 1 is 1.39 bits per heavy atom. The predicted octanol–water partition coefficient (Wildman–Crippen LogP) is 1.89. The lowest BCUT2D eigenvalue weighted by Gasteiger charge is -2.35. The van der Waals surface area contributed by atoms with Gasteiger partial charge in [0.25, 0.3) is 0 Å². The van der Waals surface area contributed by atoms with E-state index in [-0.39, 0.29) is 30.8 Å². The van der Waals surface area contributed by atoms with Crippen LogP contribution in [-0.4, -0.2) is 44.0 Å². The van der Waals surface area contributed by atoms with Crippen molar-refractivity contribution in [2.45, 2.75) is 32.2 Å². The molecular formula is C17H21NO5. The SMILES string of the molecule is COc1c2c(cc3c1[C@H](CC(=O)CC(C)=O)N(C)CC3)OCO2. The van der Waals surface area contributed by atoms with Crippen molar-refractivity contribution in [2.24, 2.45) is 0 Å². The molecule has 0 saturated heterocycles. The number of ketones is 2. The summed E-state index contributed by atoms with van der Waals surface area (Å²) in [4.78, 5) is 25.5. The molecule has 0 N–H and O–H groups in total. The number of benzene rings is 1. The van der Waals surface area contributed by atoms with Crippen LogP contribution in [0.1, 0.15) is 36.9 Å². The van der Waals surface area contributed by atoms with Gasteiger partial charge in [-0.15, -0.1) is 0 Å². The highest BCUT2D eigenvalue weighted by Crippen LogP contribution is 2.50. The summed E-state index contributed by atoms with van der Waals surface area (Å²) >= 11 is 0. The monoisotopic (exact) mass is 319 g/mol. The normalized spacial score (nSPS) is 19.3. The zero-order valence-corrected chi connectivity index (χ0v) is 13.7. The average molecular weight is 319 g/mol. The number of carbonyl (C=O) groups excluding carboxylic acids is 2. The molecule has 124 valence electrons. The third kappa shape index (κ3) is 2.91. The highest BCUT2D eigenvalue weighted by molar-refractivity contribution is 5.98. The van der Waals surface area contributed by atoms with Gasteiger partial charge in [0.2, 0.25) is 12.5 Å². The van der Waals surface area contributed by atoms with Gasteiger partial charge in [0.05, 0.1) is 13.5 Å². The zero-order chi connectivity index (χ0) is 16.6. The molecule has 0 fully saturated rings. The standard InChI is InChI=1S/C17H21NO5/c1-10(19)6-12(20)8-13-15-11(4-5-18(13)2)7-14-16(17(15)21-3)23-9-22-14/h7,13H,4-6,8-9H2,1-3H3/t13-/m0/s1. The number of nitrogens with zero attached hydrogens (tertiary/aromatic N) is 1. The lowest BCUT2D eigenvalue weighted by Crippen LogP contribution is -2.34. The maximum Gasteiger partial charge on any atom is 0.231 e. The highest BCUT2D eigenvalue weighted by atomic mass is 16.7. The molecule has 2 heterocycles. The Kier molecular flexibility index (Phi) is 4.26. The van der Waals surface area contributed by atoms with E-state index in [1.165, 1.54) is 6.92 Å². The fourth-order valence-electron chi connectivity index (χ4n) is 3.35. The van der Waals surface area contributed by atoms with Crippen molar-refractivity contribution in [1.29, 1.82) is 0 Å². The molecule has 0 unspecified atom stereocenters. The fourth-order valence-corrected chi connectivity index (χ4v) is 3.35. The maximum absolute atomic E-state index is 12.2. The number of Topliss-reactive ketones (excluding diaryl/α,β-unsaturated/α-hetero) is 2. The van der Waals surface area contributed by atoms with E-state index in [1.54, 1.807) is 7.11 Å². The van der Waals surface area contributed by atoms with Crippen LogP contribution in [0.2, 0.25) is 0 Å². The first-order valence-electron chi connectivity index (χ1n) is 7.72. The van der Waals surface area contributed by atoms with Crippen LogP contribution in [0, 0.1) is 0 Å². The Bertz CT molecular complexity index is 655. The molecule has 2 aliphatic rings. The number of hydrogen-bond donors (Lipinski definition) is 0. The summed E-state index contributed by atoms with van der Waals surface area (Å²) in [6.07, 6.45) is 1.13. The van der Waals surface area contributed by atoms with Crippen molar-refractivity contribution >= 4 is 11.6 Å². The third-order valence-corrected chi connectivity index (χ3v) is 4.41. The average Bonchev–Trinajstić information content (AvgIpc) is 2.95. The Balaban J connectivity index is 2.00. The second kappa shape index (κ2) is 6.20. The first kappa shape index (κ1) is 15.8. The van der Waals surface area contributed by atoms with Gasteiger partial charge in [-0.2, -0.15) is 0 Å². The van der Waals surface area contributed by atoms with Gasteiger partial charge in [-0.3, -0.25) is 14.5 Å². The van der Waals surface area contributed by atoms with Crippen LogP contribution in [0.15, 0.2) is 6.07 Å². The second-order valence-corrected chi connectivity index (χ2v) is 6.08. The molecule has 0 radical (unpaired) electrons. The minimum absolute atomic E-state index is 0.0213. The van der Waals surface area contributed by atoms with Crippen LogP contribution in [0.3, 0.4) is 0 Å². The molecule has 0 saturated carbocycles. The van der Waals surface area contributed by atoms with Gasteiger partial charge in [-0.05, 0) is 32.0 Å². The molecule has 1 aromatic carbocycles. The number of methoxy groups -OCH3 is 1. The summed E-state index contributed by atoms with van der Waals surface area (Å²) in [6, 6.07) is 1.87. The maximum atomic E-state index is 12.2. The van der Waals surface area contributed by atoms with Crippen molar-refractivity contribution in [1.82, 2.24) is 4.90 Å². The molecule has 6 heteroatoms. The van der Waals surface area contributed by atoms with E-state index in [4.69, 9.17) is 14.2 Å². The van der Waals surface area contributed by atoms with Crippen molar-refractivity contribution in [3.05, 3.63) is 17.2 Å². The summed E-state index contributed by atoms with van der Waals surface area (Å²) in [7, 11) is 3.58. The number of fused-ring (bicyclic) bond motifs is 2. The van der Waals surface area contributed by atoms with Crippen LogP contribution < -0.4 is 14.2 Å². The summed E-state index contributed by atoms with van der Waals surface area (Å²) in [5, 5.41) is 0. The molecule has 0 spiro atoms. The van der Waals surface area contributed by atoms with Crippen molar-refractivity contribution in [3.8, 4) is 17.2 Å². The molecule has 1 atom stereocenters. The minimum atomic E-state index is -0.116. The van der Waals surface area contributed by atoms with Crippen LogP contribution in [0.5, 0.6) is 17.2 Å². The topological polar surface area (TPSA) is 65.1 Å². The number of hydrogen-bond acceptors (Lipinski definition) is 6. The Hall–Kier alpha value is -2.08. The van der Waals surface area contributed by atoms with Gasteiger partial charge < -0.3 is 14.2 Å². The first-order chi connectivity index (χ1) is 11.0. The van der Waals surface area contributed by atoms with E-state index in [9.17, 15) is 9.59 Å². The van der Waals surface area contributed by atoms with Crippen LogP contribution in [0.4, 0.5) is 0 Å². The first-order valence-corrected chi connectivity index (χ1v) is 7.72. The Morgan fingerprint density at radius 3 is 2.87 bits per heavy atom. The summed E-state index contributed by atoms with van der Waals surface area (Å²) in [5.41, 5.74) is 2.09. The van der Waals surface area contributed by atoms with E-state index < -0.39 is 0 Å². The molecule has 0 amide bonds. The third-order valence-electron chi connectivity index (χ3n) is 4.41. The Morgan fingerprint density at radius 2 is 2.17 bits per heavy atom. The van der Waals surface area contributed by atoms with Gasteiger partial charge in [-0.1, -0.05) is 0 Å². The molecule has 0 bridgehead atoms. The van der Waals surface area contributed by atoms with Gasteiger partial charge in [0.1, 0.15) is 11.6 Å². The molecule has 23 heavy (non-hydrogen) atoms. The van der Waals surface area contributed by atoms with E-state index >= 15 is 0 Å². The lowest BCUT2D eigenvalue weighted by atomic mass is 9.88. The number of ether oxygens (including phenoxy) is 3. The van der Waals surface area contributed by atoms with Gasteiger partial charge >= 0.3 is 0 Å². The number of rotatable bonds is 5. The number of likely N-dealkylation sites (N-methyl/N-ethyl adjacent to an activating group) is 1. The Labute approximate surface area is 135 Å². The zero-order valence-electron chi connectivity index (χ0n) is 13.7. The predicted molar refractivity (Wildman–Crippen MR) is 83.1 cm³/mol. The molecule has 2 aliphatic heterocycles. The fraction of sp³-hybridized carbons (Fsp3) is 0.529. The van der Waals surface area contributed by atoms with Crippen LogP contribution in [0.25, 0.3) is 0 Å². The molecule has 1 aromatic rings. The van der Waals surface area contributed by atoms with E-state index in [2.05, 4.69) is 4.90 Å². The van der Waals surface area contributed by atoms with Gasteiger partial charge in [-0.25, -0.2) is 0 Å². The highest BCUT2D eigenvalue weighted by Gasteiger charge is 2.34. The lowest BCUT2D eigenvalue weighted by molar-refractivity contribution is -0.126. The second-order valence-electron chi connectivity index (χ2n) is 6.08. The minimum Gasteiger partial charge on any atom is -0.492 e. The number of carbonyl (C=O) groups is 2. The molecular weight excluding hydrogens is 298 g/mol. The molecule has 0 aliphatic carbocycles. The largest absolute Gasteiger partial charge is 0.492 e. The van der Waals surface area contributed by atoms with Gasteiger partial charge in [0.15, 0.2) is 11.5 Å². The van der Waals surface area contributed by atoms with E-state index in [1.807, 2.05) is 13.1 Å². The van der Waals surface area contributed by atoms with Crippen molar-refractivity contribution in [2.75, 3.05) is 27.5 Å². The van der Waals surface area contributed by atoms with Gasteiger partial charge in [0, 0.05) is 24.6 Å². The van der Waals surface area contributed by atoms with E-state index in [0.29, 0.717) is 23.7 Å². The molecule has 0 aromatic heterocycles. The smallest absolute Gasteiger partial charge is 0.231 e. The quantitative estimate of drug-likeness (QED) is 0.772. The summed E-state index contributed by atoms with van der Waals surface area (Å²) < 4.78 is 16.6. The van der Waals surface area contributed by atoms with Crippen LogP contribution >= 0.6 is 0 Å². The van der Waals surface area contributed by atoms with Crippen molar-refractivity contribution < 1.29 is 23.8 Å². The summed E-state index contributed by atoms with van der Waals surface area (Å²) in [5.74, 6) is 1.78.